The minimum absolute atomic E-state index is 0.168. The van der Waals surface area contributed by atoms with Gasteiger partial charge >= 0.3 is 0 Å². The average molecular weight is 273 g/mol. The highest BCUT2D eigenvalue weighted by atomic mass is 16.5. The molecule has 0 aromatic heterocycles. The SMILES string of the molecule is CCOc1ccccc1OCCC1(C#N)CCCCC1. The van der Waals surface area contributed by atoms with Crippen LogP contribution in [-0.4, -0.2) is 13.2 Å². The molecule has 3 heteroatoms. The highest BCUT2D eigenvalue weighted by Gasteiger charge is 2.31. The van der Waals surface area contributed by atoms with Crippen molar-refractivity contribution in [1.82, 2.24) is 0 Å². The molecule has 0 unspecified atom stereocenters. The third-order valence-corrected chi connectivity index (χ3v) is 4.04. The van der Waals surface area contributed by atoms with Gasteiger partial charge in [-0.05, 0) is 31.9 Å². The van der Waals surface area contributed by atoms with Gasteiger partial charge in [0.05, 0.1) is 24.7 Å². The molecule has 0 saturated heterocycles. The summed E-state index contributed by atoms with van der Waals surface area (Å²) in [6, 6.07) is 10.3. The highest BCUT2D eigenvalue weighted by Crippen LogP contribution is 2.39. The summed E-state index contributed by atoms with van der Waals surface area (Å²) in [4.78, 5) is 0. The Morgan fingerprint density at radius 2 is 1.75 bits per heavy atom. The van der Waals surface area contributed by atoms with E-state index in [1.807, 2.05) is 31.2 Å². The van der Waals surface area contributed by atoms with Crippen LogP contribution in [0.3, 0.4) is 0 Å². The fraction of sp³-hybridized carbons (Fsp3) is 0.588. The number of nitrogens with zero attached hydrogens (tertiary/aromatic N) is 1. The Labute approximate surface area is 121 Å². The van der Waals surface area contributed by atoms with Crippen LogP contribution in [0.5, 0.6) is 11.5 Å². The predicted octanol–water partition coefficient (Wildman–Crippen LogP) is 4.33. The van der Waals surface area contributed by atoms with Crippen LogP contribution in [0.1, 0.15) is 45.4 Å². The Balaban J connectivity index is 1.90. The van der Waals surface area contributed by atoms with Crippen molar-refractivity contribution in [2.24, 2.45) is 5.41 Å². The highest BCUT2D eigenvalue weighted by molar-refractivity contribution is 5.39. The summed E-state index contributed by atoms with van der Waals surface area (Å²) in [5, 5.41) is 9.45. The molecule has 0 atom stereocenters. The van der Waals surface area contributed by atoms with Gasteiger partial charge in [0.25, 0.3) is 0 Å². The smallest absolute Gasteiger partial charge is 0.161 e. The van der Waals surface area contributed by atoms with Gasteiger partial charge in [0.1, 0.15) is 0 Å². The van der Waals surface area contributed by atoms with Crippen molar-refractivity contribution in [2.75, 3.05) is 13.2 Å². The van der Waals surface area contributed by atoms with Crippen LogP contribution in [0, 0.1) is 16.7 Å². The second kappa shape index (κ2) is 7.19. The molecule has 3 nitrogen and oxygen atoms in total. The third kappa shape index (κ3) is 3.66. The summed E-state index contributed by atoms with van der Waals surface area (Å²) >= 11 is 0. The predicted molar refractivity (Wildman–Crippen MR) is 78.9 cm³/mol. The monoisotopic (exact) mass is 273 g/mol. The molecule has 1 aliphatic carbocycles. The number of nitriles is 1. The van der Waals surface area contributed by atoms with Gasteiger partial charge in [-0.3, -0.25) is 0 Å². The van der Waals surface area contributed by atoms with Crippen LogP contribution in [0.2, 0.25) is 0 Å². The lowest BCUT2D eigenvalue weighted by Gasteiger charge is -2.30. The number of ether oxygens (including phenoxy) is 2. The Bertz CT molecular complexity index is 458. The molecule has 0 amide bonds. The maximum absolute atomic E-state index is 9.45. The average Bonchev–Trinajstić information content (AvgIpc) is 2.50. The first-order valence-corrected chi connectivity index (χ1v) is 7.55. The van der Waals surface area contributed by atoms with Crippen molar-refractivity contribution in [3.05, 3.63) is 24.3 Å². The van der Waals surface area contributed by atoms with E-state index in [2.05, 4.69) is 6.07 Å². The van der Waals surface area contributed by atoms with E-state index < -0.39 is 0 Å². The second-order valence-corrected chi connectivity index (χ2v) is 5.43. The van der Waals surface area contributed by atoms with E-state index in [1.165, 1.54) is 19.3 Å². The minimum atomic E-state index is -0.168. The molecule has 1 aliphatic rings. The van der Waals surface area contributed by atoms with Gasteiger partial charge < -0.3 is 9.47 Å². The van der Waals surface area contributed by atoms with E-state index in [1.54, 1.807) is 0 Å². The number of rotatable bonds is 6. The Morgan fingerprint density at radius 1 is 1.10 bits per heavy atom. The molecule has 1 saturated carbocycles. The molecule has 0 radical (unpaired) electrons. The zero-order valence-electron chi connectivity index (χ0n) is 12.2. The van der Waals surface area contributed by atoms with E-state index in [4.69, 9.17) is 9.47 Å². The fourth-order valence-corrected chi connectivity index (χ4v) is 2.85. The summed E-state index contributed by atoms with van der Waals surface area (Å²) in [5.74, 6) is 1.56. The number of benzene rings is 1. The van der Waals surface area contributed by atoms with Gasteiger partial charge in [-0.25, -0.2) is 0 Å². The summed E-state index contributed by atoms with van der Waals surface area (Å²) in [5.41, 5.74) is -0.168. The van der Waals surface area contributed by atoms with E-state index in [0.717, 1.165) is 30.8 Å². The topological polar surface area (TPSA) is 42.2 Å². The van der Waals surface area contributed by atoms with Crippen LogP contribution in [0.15, 0.2) is 24.3 Å². The van der Waals surface area contributed by atoms with Crippen molar-refractivity contribution in [3.63, 3.8) is 0 Å². The number of para-hydroxylation sites is 2. The third-order valence-electron chi connectivity index (χ3n) is 4.04. The van der Waals surface area contributed by atoms with Crippen LogP contribution in [0.4, 0.5) is 0 Å². The number of hydrogen-bond donors (Lipinski definition) is 0. The van der Waals surface area contributed by atoms with Gasteiger partial charge in [0, 0.05) is 6.42 Å². The fourth-order valence-electron chi connectivity index (χ4n) is 2.85. The molecule has 0 N–H and O–H groups in total. The first kappa shape index (κ1) is 14.7. The molecule has 1 aromatic rings. The summed E-state index contributed by atoms with van der Waals surface area (Å²) in [7, 11) is 0. The largest absolute Gasteiger partial charge is 0.490 e. The van der Waals surface area contributed by atoms with Crippen LogP contribution in [-0.2, 0) is 0 Å². The number of hydrogen-bond acceptors (Lipinski definition) is 3. The molecule has 108 valence electrons. The van der Waals surface area contributed by atoms with Crippen LogP contribution >= 0.6 is 0 Å². The lowest BCUT2D eigenvalue weighted by Crippen LogP contribution is -2.24. The first-order chi connectivity index (χ1) is 9.79. The van der Waals surface area contributed by atoms with Crippen molar-refractivity contribution in [1.29, 1.82) is 5.26 Å². The second-order valence-electron chi connectivity index (χ2n) is 5.43. The quantitative estimate of drug-likeness (QED) is 0.774. The minimum Gasteiger partial charge on any atom is -0.490 e. The van der Waals surface area contributed by atoms with Gasteiger partial charge in [-0.2, -0.15) is 5.26 Å². The molecule has 0 aliphatic heterocycles. The maximum atomic E-state index is 9.45. The lowest BCUT2D eigenvalue weighted by atomic mass is 9.73. The summed E-state index contributed by atoms with van der Waals surface area (Å²) in [6.07, 6.45) is 6.44. The van der Waals surface area contributed by atoms with Crippen molar-refractivity contribution in [2.45, 2.75) is 45.4 Å². The van der Waals surface area contributed by atoms with Crippen LogP contribution < -0.4 is 9.47 Å². The molecular weight excluding hydrogens is 250 g/mol. The Hall–Kier alpha value is -1.69. The normalized spacial score (nSPS) is 17.2. The van der Waals surface area contributed by atoms with E-state index >= 15 is 0 Å². The zero-order valence-corrected chi connectivity index (χ0v) is 12.2. The lowest BCUT2D eigenvalue weighted by molar-refractivity contribution is 0.188. The Kier molecular flexibility index (Phi) is 5.29. The molecule has 0 heterocycles. The first-order valence-electron chi connectivity index (χ1n) is 7.55. The Morgan fingerprint density at radius 3 is 2.35 bits per heavy atom. The molecule has 0 bridgehead atoms. The van der Waals surface area contributed by atoms with Gasteiger partial charge in [-0.15, -0.1) is 0 Å². The molecule has 1 aromatic carbocycles. The molecule has 0 spiro atoms. The zero-order chi connectivity index (χ0) is 14.3. The maximum Gasteiger partial charge on any atom is 0.161 e. The van der Waals surface area contributed by atoms with Crippen molar-refractivity contribution >= 4 is 0 Å². The molecular formula is C17H23NO2. The van der Waals surface area contributed by atoms with Crippen molar-refractivity contribution in [3.8, 4) is 17.6 Å². The van der Waals surface area contributed by atoms with E-state index in [0.29, 0.717) is 13.2 Å². The van der Waals surface area contributed by atoms with E-state index in [9.17, 15) is 5.26 Å². The van der Waals surface area contributed by atoms with Crippen LogP contribution in [0.25, 0.3) is 0 Å². The van der Waals surface area contributed by atoms with E-state index in [-0.39, 0.29) is 5.41 Å². The van der Waals surface area contributed by atoms with Crippen molar-refractivity contribution < 1.29 is 9.47 Å². The molecule has 2 rings (SSSR count). The van der Waals surface area contributed by atoms with Gasteiger partial charge in [-0.1, -0.05) is 31.4 Å². The molecule has 20 heavy (non-hydrogen) atoms. The summed E-state index contributed by atoms with van der Waals surface area (Å²) < 4.78 is 11.4. The molecule has 1 fully saturated rings. The van der Waals surface area contributed by atoms with Gasteiger partial charge in [0.2, 0.25) is 0 Å². The summed E-state index contributed by atoms with van der Waals surface area (Å²) in [6.45, 7) is 3.17. The van der Waals surface area contributed by atoms with Gasteiger partial charge in [0.15, 0.2) is 11.5 Å². The standard InChI is InChI=1S/C17H23NO2/c1-2-19-15-8-4-5-9-16(15)20-13-12-17(14-18)10-6-3-7-11-17/h4-5,8-9H,2-3,6-7,10-13H2,1H3.